The molecule has 0 amide bonds. The molecule has 0 heterocycles. The zero-order valence-corrected chi connectivity index (χ0v) is 15.0. The third-order valence-corrected chi connectivity index (χ3v) is 4.99. The first kappa shape index (κ1) is 16.8. The summed E-state index contributed by atoms with van der Waals surface area (Å²) in [6.07, 6.45) is 1.06. The van der Waals surface area contributed by atoms with E-state index in [9.17, 15) is 4.79 Å². The van der Waals surface area contributed by atoms with Crippen LogP contribution in [0.5, 0.6) is 5.75 Å². The molecule has 0 fully saturated rings. The third-order valence-electron chi connectivity index (χ3n) is 4.14. The molecule has 22 heavy (non-hydrogen) atoms. The lowest BCUT2D eigenvalue weighted by atomic mass is 9.82. The molecule has 0 atom stereocenters. The Labute approximate surface area is 140 Å². The monoisotopic (exact) mass is 360 g/mol. The van der Waals surface area contributed by atoms with E-state index in [1.54, 1.807) is 12.1 Å². The number of carbonyl (C=O) groups excluding carboxylic acids is 1. The molecule has 0 radical (unpaired) electrons. The van der Waals surface area contributed by atoms with Crippen LogP contribution < -0.4 is 4.74 Å². The molecule has 0 spiro atoms. The van der Waals surface area contributed by atoms with Crippen molar-refractivity contribution in [2.75, 3.05) is 0 Å². The predicted octanol–water partition coefficient (Wildman–Crippen LogP) is 5.66. The van der Waals surface area contributed by atoms with Crippen molar-refractivity contribution in [3.05, 3.63) is 63.6 Å². The Kier molecular flexibility index (Phi) is 5.07. The highest BCUT2D eigenvalue weighted by atomic mass is 79.9. The second-order valence-corrected chi connectivity index (χ2v) is 6.97. The quantitative estimate of drug-likeness (QED) is 0.518. The van der Waals surface area contributed by atoms with Gasteiger partial charge in [0, 0.05) is 4.47 Å². The fourth-order valence-electron chi connectivity index (χ4n) is 2.06. The Morgan fingerprint density at radius 3 is 2.32 bits per heavy atom. The summed E-state index contributed by atoms with van der Waals surface area (Å²) in [5.74, 6) is 0.223. The van der Waals surface area contributed by atoms with Gasteiger partial charge in [0.1, 0.15) is 5.75 Å². The van der Waals surface area contributed by atoms with Crippen LogP contribution in [0.2, 0.25) is 0 Å². The minimum absolute atomic E-state index is 0.129. The summed E-state index contributed by atoms with van der Waals surface area (Å²) in [5.41, 5.74) is 3.00. The van der Waals surface area contributed by atoms with Gasteiger partial charge in [-0.2, -0.15) is 0 Å². The van der Waals surface area contributed by atoms with Gasteiger partial charge in [-0.3, -0.25) is 0 Å². The Hall–Kier alpha value is -1.61. The van der Waals surface area contributed by atoms with Crippen LogP contribution in [-0.2, 0) is 5.41 Å². The number of ether oxygens (including phenoxy) is 1. The van der Waals surface area contributed by atoms with Gasteiger partial charge in [0.25, 0.3) is 0 Å². The van der Waals surface area contributed by atoms with Crippen LogP contribution in [0.1, 0.15) is 48.7 Å². The molecule has 3 heteroatoms. The highest BCUT2D eigenvalue weighted by Gasteiger charge is 2.18. The first-order chi connectivity index (χ1) is 10.3. The molecule has 0 N–H and O–H groups in total. The van der Waals surface area contributed by atoms with Crippen LogP contribution in [0, 0.1) is 6.92 Å². The highest BCUT2D eigenvalue weighted by molar-refractivity contribution is 9.10. The summed E-state index contributed by atoms with van der Waals surface area (Å²) in [6.45, 7) is 8.56. The van der Waals surface area contributed by atoms with Gasteiger partial charge in [0.05, 0.1) is 5.56 Å². The smallest absolute Gasteiger partial charge is 0.343 e. The van der Waals surface area contributed by atoms with Crippen LogP contribution in [0.25, 0.3) is 0 Å². The van der Waals surface area contributed by atoms with Crippen molar-refractivity contribution in [1.82, 2.24) is 0 Å². The average Bonchev–Trinajstić information content (AvgIpc) is 2.50. The molecule has 2 aromatic carbocycles. The lowest BCUT2D eigenvalue weighted by Gasteiger charge is -2.23. The van der Waals surface area contributed by atoms with Gasteiger partial charge in [-0.15, -0.1) is 0 Å². The van der Waals surface area contributed by atoms with Gasteiger partial charge in [-0.1, -0.05) is 54.9 Å². The SMILES string of the molecule is CCC(C)(C)c1ccc(OC(=O)c2ccc(C)c(Br)c2)cc1. The van der Waals surface area contributed by atoms with E-state index in [4.69, 9.17) is 4.74 Å². The van der Waals surface area contributed by atoms with Gasteiger partial charge in [0.2, 0.25) is 0 Å². The molecular weight excluding hydrogens is 340 g/mol. The summed E-state index contributed by atoms with van der Waals surface area (Å²) < 4.78 is 6.34. The van der Waals surface area contributed by atoms with E-state index in [2.05, 4.69) is 36.7 Å². The average molecular weight is 361 g/mol. The number of aryl methyl sites for hydroxylation is 1. The Balaban J connectivity index is 2.13. The number of halogens is 1. The van der Waals surface area contributed by atoms with Crippen LogP contribution in [0.4, 0.5) is 0 Å². The lowest BCUT2D eigenvalue weighted by molar-refractivity contribution is 0.0734. The molecule has 0 unspecified atom stereocenters. The Morgan fingerprint density at radius 2 is 1.77 bits per heavy atom. The summed E-state index contributed by atoms with van der Waals surface area (Å²) in [5, 5.41) is 0. The fraction of sp³-hybridized carbons (Fsp3) is 0.316. The maximum Gasteiger partial charge on any atom is 0.343 e. The molecule has 0 bridgehead atoms. The van der Waals surface area contributed by atoms with Crippen LogP contribution >= 0.6 is 15.9 Å². The molecule has 0 aliphatic rings. The maximum atomic E-state index is 12.2. The first-order valence-electron chi connectivity index (χ1n) is 7.42. The van der Waals surface area contributed by atoms with Crippen molar-refractivity contribution in [2.24, 2.45) is 0 Å². The standard InChI is InChI=1S/C19H21BrO2/c1-5-19(3,4)15-8-10-16(11-9-15)22-18(21)14-7-6-13(2)17(20)12-14/h6-12H,5H2,1-4H3. The maximum absolute atomic E-state index is 12.2. The van der Waals surface area contributed by atoms with E-state index < -0.39 is 0 Å². The molecule has 0 aliphatic carbocycles. The molecule has 0 saturated heterocycles. The molecule has 0 aromatic heterocycles. The van der Waals surface area contributed by atoms with Gasteiger partial charge in [-0.05, 0) is 54.2 Å². The van der Waals surface area contributed by atoms with Crippen molar-refractivity contribution in [2.45, 2.75) is 39.5 Å². The second kappa shape index (κ2) is 6.66. The number of carbonyl (C=O) groups is 1. The number of hydrogen-bond donors (Lipinski definition) is 0. The van der Waals surface area contributed by atoms with Gasteiger partial charge < -0.3 is 4.74 Å². The molecular formula is C19H21BrO2. The normalized spacial score (nSPS) is 11.3. The molecule has 0 aliphatic heterocycles. The van der Waals surface area contributed by atoms with E-state index in [0.717, 1.165) is 16.5 Å². The van der Waals surface area contributed by atoms with E-state index in [0.29, 0.717) is 11.3 Å². The Bertz CT molecular complexity index is 672. The van der Waals surface area contributed by atoms with Crippen molar-refractivity contribution in [1.29, 1.82) is 0 Å². The number of rotatable bonds is 4. The van der Waals surface area contributed by atoms with Crippen LogP contribution in [0.15, 0.2) is 46.9 Å². The largest absolute Gasteiger partial charge is 0.423 e. The molecule has 0 saturated carbocycles. The van der Waals surface area contributed by atoms with Crippen molar-refractivity contribution in [3.63, 3.8) is 0 Å². The predicted molar refractivity (Wildman–Crippen MR) is 93.6 cm³/mol. The third kappa shape index (κ3) is 3.77. The summed E-state index contributed by atoms with van der Waals surface area (Å²) in [6, 6.07) is 13.2. The van der Waals surface area contributed by atoms with Gasteiger partial charge >= 0.3 is 5.97 Å². The zero-order chi connectivity index (χ0) is 16.3. The summed E-state index contributed by atoms with van der Waals surface area (Å²) in [4.78, 5) is 12.2. The number of benzene rings is 2. The second-order valence-electron chi connectivity index (χ2n) is 6.12. The molecule has 116 valence electrons. The minimum Gasteiger partial charge on any atom is -0.423 e. The van der Waals surface area contributed by atoms with E-state index in [-0.39, 0.29) is 11.4 Å². The summed E-state index contributed by atoms with van der Waals surface area (Å²) in [7, 11) is 0. The van der Waals surface area contributed by atoms with E-state index >= 15 is 0 Å². The van der Waals surface area contributed by atoms with Gasteiger partial charge in [-0.25, -0.2) is 4.79 Å². The van der Waals surface area contributed by atoms with Crippen molar-refractivity contribution < 1.29 is 9.53 Å². The van der Waals surface area contributed by atoms with E-state index in [1.165, 1.54) is 5.56 Å². The number of esters is 1. The molecule has 2 rings (SSSR count). The fourth-order valence-corrected chi connectivity index (χ4v) is 2.44. The van der Waals surface area contributed by atoms with Crippen LogP contribution in [-0.4, -0.2) is 5.97 Å². The zero-order valence-electron chi connectivity index (χ0n) is 13.4. The first-order valence-corrected chi connectivity index (χ1v) is 8.21. The molecule has 2 nitrogen and oxygen atoms in total. The van der Waals surface area contributed by atoms with Crippen molar-refractivity contribution >= 4 is 21.9 Å². The Morgan fingerprint density at radius 1 is 1.14 bits per heavy atom. The lowest BCUT2D eigenvalue weighted by Crippen LogP contribution is -2.15. The minimum atomic E-state index is -0.344. The van der Waals surface area contributed by atoms with Crippen molar-refractivity contribution in [3.8, 4) is 5.75 Å². The van der Waals surface area contributed by atoms with E-state index in [1.807, 2.05) is 37.3 Å². The van der Waals surface area contributed by atoms with Crippen LogP contribution in [0.3, 0.4) is 0 Å². The van der Waals surface area contributed by atoms with Gasteiger partial charge in [0.15, 0.2) is 0 Å². The summed E-state index contributed by atoms with van der Waals surface area (Å²) >= 11 is 3.43. The highest BCUT2D eigenvalue weighted by Crippen LogP contribution is 2.28. The molecule has 2 aromatic rings. The number of hydrogen-bond acceptors (Lipinski definition) is 2. The topological polar surface area (TPSA) is 26.3 Å².